The lowest BCUT2D eigenvalue weighted by atomic mass is 10.2. The highest BCUT2D eigenvalue weighted by atomic mass is 16.3. The molecule has 0 saturated carbocycles. The van der Waals surface area contributed by atoms with Gasteiger partial charge in [0.25, 0.3) is 0 Å². The van der Waals surface area contributed by atoms with E-state index in [1.807, 2.05) is 12.1 Å². The first-order valence-electron chi connectivity index (χ1n) is 4.08. The Kier molecular flexibility index (Phi) is 2.96. The van der Waals surface area contributed by atoms with E-state index in [-0.39, 0.29) is 0 Å². The van der Waals surface area contributed by atoms with E-state index >= 15 is 0 Å². The molecular weight excluding hydrogens is 136 g/mol. The maximum absolute atomic E-state index is 5.42. The van der Waals surface area contributed by atoms with Crippen LogP contribution in [-0.4, -0.2) is 0 Å². The highest BCUT2D eigenvalue weighted by molar-refractivity contribution is 5.39. The summed E-state index contributed by atoms with van der Waals surface area (Å²) in [4.78, 5) is 0. The van der Waals surface area contributed by atoms with Crippen molar-refractivity contribution in [1.29, 1.82) is 0 Å². The van der Waals surface area contributed by atoms with E-state index in [0.717, 1.165) is 17.9 Å². The van der Waals surface area contributed by atoms with Crippen LogP contribution in [0.3, 0.4) is 0 Å². The monoisotopic (exact) mass is 150 g/mol. The molecule has 1 aromatic rings. The molecule has 0 amide bonds. The molecule has 11 heavy (non-hydrogen) atoms. The van der Waals surface area contributed by atoms with Crippen LogP contribution < -0.4 is 0 Å². The molecule has 1 nitrogen and oxygen atoms in total. The molecule has 0 aliphatic heterocycles. The second-order valence-corrected chi connectivity index (χ2v) is 2.61. The highest BCUT2D eigenvalue weighted by Crippen LogP contribution is 2.11. The van der Waals surface area contributed by atoms with Crippen LogP contribution in [0.4, 0.5) is 0 Å². The van der Waals surface area contributed by atoms with Crippen LogP contribution in [0.2, 0.25) is 0 Å². The molecule has 60 valence electrons. The Hall–Kier alpha value is -0.980. The number of hydrogen-bond donors (Lipinski definition) is 0. The van der Waals surface area contributed by atoms with Gasteiger partial charge in [-0.15, -0.1) is 0 Å². The Morgan fingerprint density at radius 2 is 2.36 bits per heavy atom. The fourth-order valence-electron chi connectivity index (χ4n) is 0.990. The summed E-state index contributed by atoms with van der Waals surface area (Å²) >= 11 is 0. The van der Waals surface area contributed by atoms with E-state index in [9.17, 15) is 0 Å². The number of unbranched alkanes of at least 4 members (excludes halogenated alkanes) is 1. The van der Waals surface area contributed by atoms with E-state index in [4.69, 9.17) is 4.42 Å². The summed E-state index contributed by atoms with van der Waals surface area (Å²) in [6, 6.07) is 3.98. The fourth-order valence-corrected chi connectivity index (χ4v) is 0.990. The maximum Gasteiger partial charge on any atom is 0.126 e. The number of aryl methyl sites for hydroxylation is 1. The Morgan fingerprint density at radius 1 is 1.55 bits per heavy atom. The summed E-state index contributed by atoms with van der Waals surface area (Å²) in [6.45, 7) is 5.81. The fraction of sp³-hybridized carbons (Fsp3) is 0.400. The predicted octanol–water partition coefficient (Wildman–Crippen LogP) is 3.27. The van der Waals surface area contributed by atoms with Gasteiger partial charge in [-0.05, 0) is 24.6 Å². The SMILES string of the molecule is C=Cc1ccc(CCCC)o1. The van der Waals surface area contributed by atoms with Gasteiger partial charge in [-0.2, -0.15) is 0 Å². The average Bonchev–Trinajstić information content (AvgIpc) is 2.48. The van der Waals surface area contributed by atoms with Gasteiger partial charge in [0.15, 0.2) is 0 Å². The molecule has 0 aromatic carbocycles. The van der Waals surface area contributed by atoms with Crippen molar-refractivity contribution in [2.75, 3.05) is 0 Å². The van der Waals surface area contributed by atoms with Gasteiger partial charge in [0.05, 0.1) is 0 Å². The van der Waals surface area contributed by atoms with Crippen LogP contribution in [0, 0.1) is 0 Å². The Labute approximate surface area is 67.7 Å². The molecular formula is C10H14O. The van der Waals surface area contributed by atoms with Crippen LogP contribution in [0.1, 0.15) is 31.3 Å². The standard InChI is InChI=1S/C10H14O/c1-3-5-6-10-8-7-9(4-2)11-10/h4,7-8H,2-3,5-6H2,1H3. The third kappa shape index (κ3) is 2.26. The minimum Gasteiger partial charge on any atom is -0.462 e. The molecule has 0 atom stereocenters. The second kappa shape index (κ2) is 4.02. The summed E-state index contributed by atoms with van der Waals surface area (Å²) in [5.74, 6) is 1.94. The van der Waals surface area contributed by atoms with Crippen LogP contribution in [-0.2, 0) is 6.42 Å². The quantitative estimate of drug-likeness (QED) is 0.642. The summed E-state index contributed by atoms with van der Waals surface area (Å²) in [5.41, 5.74) is 0. The van der Waals surface area contributed by atoms with Crippen molar-refractivity contribution < 1.29 is 4.42 Å². The lowest BCUT2D eigenvalue weighted by Gasteiger charge is -1.91. The van der Waals surface area contributed by atoms with Gasteiger partial charge >= 0.3 is 0 Å². The van der Waals surface area contributed by atoms with Crippen LogP contribution in [0.25, 0.3) is 6.08 Å². The van der Waals surface area contributed by atoms with E-state index < -0.39 is 0 Å². The van der Waals surface area contributed by atoms with Gasteiger partial charge in [0, 0.05) is 6.42 Å². The Balaban J connectivity index is 2.51. The van der Waals surface area contributed by atoms with Crippen LogP contribution >= 0.6 is 0 Å². The van der Waals surface area contributed by atoms with Gasteiger partial charge in [-0.25, -0.2) is 0 Å². The van der Waals surface area contributed by atoms with Crippen molar-refractivity contribution in [1.82, 2.24) is 0 Å². The number of furan rings is 1. The molecule has 0 aliphatic rings. The topological polar surface area (TPSA) is 13.1 Å². The molecule has 0 bridgehead atoms. The summed E-state index contributed by atoms with van der Waals surface area (Å²) < 4.78 is 5.42. The second-order valence-electron chi connectivity index (χ2n) is 2.61. The molecule has 0 unspecified atom stereocenters. The third-order valence-corrected chi connectivity index (χ3v) is 1.66. The average molecular weight is 150 g/mol. The lowest BCUT2D eigenvalue weighted by Crippen LogP contribution is -1.78. The van der Waals surface area contributed by atoms with Crippen molar-refractivity contribution in [2.24, 2.45) is 0 Å². The molecule has 0 spiro atoms. The summed E-state index contributed by atoms with van der Waals surface area (Å²) in [5, 5.41) is 0. The van der Waals surface area contributed by atoms with Crippen molar-refractivity contribution in [2.45, 2.75) is 26.2 Å². The Morgan fingerprint density at radius 3 is 2.91 bits per heavy atom. The molecule has 0 saturated heterocycles. The van der Waals surface area contributed by atoms with Gasteiger partial charge in [-0.1, -0.05) is 19.9 Å². The third-order valence-electron chi connectivity index (χ3n) is 1.66. The van der Waals surface area contributed by atoms with E-state index in [1.165, 1.54) is 12.8 Å². The van der Waals surface area contributed by atoms with E-state index in [2.05, 4.69) is 13.5 Å². The molecule has 1 aromatic heterocycles. The first-order chi connectivity index (χ1) is 5.36. The zero-order valence-electron chi connectivity index (χ0n) is 6.97. The van der Waals surface area contributed by atoms with Crippen LogP contribution in [0.15, 0.2) is 23.1 Å². The van der Waals surface area contributed by atoms with Crippen molar-refractivity contribution in [3.63, 3.8) is 0 Å². The molecule has 1 heteroatoms. The van der Waals surface area contributed by atoms with Gasteiger partial charge in [0.1, 0.15) is 11.5 Å². The molecule has 0 N–H and O–H groups in total. The minimum absolute atomic E-state index is 0.871. The van der Waals surface area contributed by atoms with Crippen LogP contribution in [0.5, 0.6) is 0 Å². The van der Waals surface area contributed by atoms with Crippen molar-refractivity contribution >= 4 is 6.08 Å². The van der Waals surface area contributed by atoms with Crippen molar-refractivity contribution in [3.8, 4) is 0 Å². The normalized spacial score (nSPS) is 9.91. The zero-order valence-corrected chi connectivity index (χ0v) is 6.97. The first-order valence-corrected chi connectivity index (χ1v) is 4.08. The van der Waals surface area contributed by atoms with Gasteiger partial charge in [0.2, 0.25) is 0 Å². The number of hydrogen-bond acceptors (Lipinski definition) is 1. The lowest BCUT2D eigenvalue weighted by molar-refractivity contribution is 0.493. The summed E-state index contributed by atoms with van der Waals surface area (Å²) in [7, 11) is 0. The molecule has 0 fully saturated rings. The highest BCUT2D eigenvalue weighted by Gasteiger charge is 1.96. The van der Waals surface area contributed by atoms with Gasteiger partial charge in [-0.3, -0.25) is 0 Å². The molecule has 0 aliphatic carbocycles. The minimum atomic E-state index is 0.871. The van der Waals surface area contributed by atoms with E-state index in [1.54, 1.807) is 6.08 Å². The predicted molar refractivity (Wildman–Crippen MR) is 47.4 cm³/mol. The van der Waals surface area contributed by atoms with Crippen molar-refractivity contribution in [3.05, 3.63) is 30.2 Å². The molecule has 0 radical (unpaired) electrons. The molecule has 1 rings (SSSR count). The largest absolute Gasteiger partial charge is 0.462 e. The van der Waals surface area contributed by atoms with E-state index in [0.29, 0.717) is 0 Å². The molecule has 1 heterocycles. The maximum atomic E-state index is 5.42. The first kappa shape index (κ1) is 8.12. The zero-order chi connectivity index (χ0) is 8.10. The Bertz CT molecular complexity index is 223. The van der Waals surface area contributed by atoms with Gasteiger partial charge < -0.3 is 4.42 Å². The smallest absolute Gasteiger partial charge is 0.126 e. The summed E-state index contributed by atoms with van der Waals surface area (Å²) in [6.07, 6.45) is 5.19. The number of rotatable bonds is 4.